The molecule has 1 aliphatic heterocycles. The normalized spacial score (nSPS) is 16.0. The Morgan fingerprint density at radius 2 is 1.96 bits per heavy atom. The van der Waals surface area contributed by atoms with E-state index in [1.807, 2.05) is 20.8 Å². The lowest BCUT2D eigenvalue weighted by atomic mass is 10.1. The van der Waals surface area contributed by atoms with Crippen LogP contribution in [-0.2, 0) is 9.53 Å². The molecule has 1 aromatic rings. The van der Waals surface area contributed by atoms with Crippen molar-refractivity contribution in [3.8, 4) is 11.5 Å². The van der Waals surface area contributed by atoms with Crippen LogP contribution in [0.3, 0.4) is 0 Å². The molecule has 0 atom stereocenters. The summed E-state index contributed by atoms with van der Waals surface area (Å²) in [6.07, 6.45) is 2.07. The van der Waals surface area contributed by atoms with Gasteiger partial charge < -0.3 is 19.1 Å². The monoisotopic (exact) mass is 380 g/mol. The molecule has 0 aromatic heterocycles. The first-order chi connectivity index (χ1) is 12.7. The molecule has 8 nitrogen and oxygen atoms in total. The lowest BCUT2D eigenvalue weighted by Crippen LogP contribution is -2.39. The number of carbonyl (C=O) groups is 1. The molecule has 1 heterocycles. The Morgan fingerprint density at radius 3 is 2.52 bits per heavy atom. The van der Waals surface area contributed by atoms with Gasteiger partial charge in [-0.2, -0.15) is 0 Å². The third kappa shape index (κ3) is 6.71. The van der Waals surface area contributed by atoms with E-state index in [9.17, 15) is 14.9 Å². The Balaban J connectivity index is 1.79. The highest BCUT2D eigenvalue weighted by Crippen LogP contribution is 2.32. The van der Waals surface area contributed by atoms with Crippen molar-refractivity contribution < 1.29 is 23.9 Å². The van der Waals surface area contributed by atoms with Gasteiger partial charge in [-0.15, -0.1) is 0 Å². The summed E-state index contributed by atoms with van der Waals surface area (Å²) in [5.41, 5.74) is -0.536. The molecule has 2 rings (SSSR count). The van der Waals surface area contributed by atoms with Gasteiger partial charge in [-0.25, -0.2) is 0 Å². The van der Waals surface area contributed by atoms with Crippen LogP contribution in [0.15, 0.2) is 18.2 Å². The summed E-state index contributed by atoms with van der Waals surface area (Å²) in [6, 6.07) is 4.53. The second kappa shape index (κ2) is 9.03. The predicted octanol–water partition coefficient (Wildman–Crippen LogP) is 3.18. The van der Waals surface area contributed by atoms with Gasteiger partial charge >= 0.3 is 11.7 Å². The fourth-order valence-electron chi connectivity index (χ4n) is 2.97. The van der Waals surface area contributed by atoms with Gasteiger partial charge in [0.1, 0.15) is 17.5 Å². The summed E-state index contributed by atoms with van der Waals surface area (Å²) < 4.78 is 16.3. The van der Waals surface area contributed by atoms with Crippen molar-refractivity contribution in [1.82, 2.24) is 4.90 Å². The zero-order valence-corrected chi connectivity index (χ0v) is 16.4. The van der Waals surface area contributed by atoms with E-state index in [1.165, 1.54) is 13.2 Å². The van der Waals surface area contributed by atoms with Crippen LogP contribution in [0.25, 0.3) is 0 Å². The van der Waals surface area contributed by atoms with Gasteiger partial charge in [0.2, 0.25) is 5.75 Å². The zero-order chi connectivity index (χ0) is 20.0. The van der Waals surface area contributed by atoms with Crippen molar-refractivity contribution in [2.24, 2.45) is 0 Å². The Bertz CT molecular complexity index is 663. The van der Waals surface area contributed by atoms with Crippen LogP contribution >= 0.6 is 0 Å². The van der Waals surface area contributed by atoms with Crippen LogP contribution in [0.1, 0.15) is 40.0 Å². The molecule has 0 unspecified atom stereocenters. The van der Waals surface area contributed by atoms with E-state index in [1.54, 1.807) is 12.1 Å². The van der Waals surface area contributed by atoms with Crippen LogP contribution in [0.4, 0.5) is 5.69 Å². The van der Waals surface area contributed by atoms with Crippen molar-refractivity contribution in [2.75, 3.05) is 26.7 Å². The highest BCUT2D eigenvalue weighted by atomic mass is 16.6. The number of nitrogens with zero attached hydrogens (tertiary/aromatic N) is 2. The fraction of sp³-hybridized carbons (Fsp3) is 0.632. The molecule has 0 bridgehead atoms. The largest absolute Gasteiger partial charge is 0.490 e. The summed E-state index contributed by atoms with van der Waals surface area (Å²) in [4.78, 5) is 24.5. The van der Waals surface area contributed by atoms with E-state index in [0.717, 1.165) is 25.9 Å². The molecule has 1 aliphatic rings. The van der Waals surface area contributed by atoms with E-state index < -0.39 is 10.5 Å². The molecule has 1 aromatic carbocycles. The third-order valence-electron chi connectivity index (χ3n) is 4.24. The second-order valence-corrected chi connectivity index (χ2v) is 7.59. The van der Waals surface area contributed by atoms with Crippen LogP contribution < -0.4 is 9.47 Å². The van der Waals surface area contributed by atoms with Crippen LogP contribution in [-0.4, -0.2) is 54.2 Å². The summed E-state index contributed by atoms with van der Waals surface area (Å²) >= 11 is 0. The molecule has 0 amide bonds. The maximum atomic E-state index is 11.8. The molecule has 150 valence electrons. The molecule has 1 fully saturated rings. The number of carbonyl (C=O) groups excluding carboxylic acids is 1. The van der Waals surface area contributed by atoms with Crippen molar-refractivity contribution in [3.63, 3.8) is 0 Å². The van der Waals surface area contributed by atoms with Gasteiger partial charge in [0.05, 0.1) is 18.5 Å². The Hall–Kier alpha value is -2.35. The van der Waals surface area contributed by atoms with Gasteiger partial charge in [0.15, 0.2) is 0 Å². The number of piperidine rings is 1. The number of hydrogen-bond acceptors (Lipinski definition) is 7. The number of rotatable bonds is 7. The molecular weight excluding hydrogens is 352 g/mol. The molecule has 0 N–H and O–H groups in total. The van der Waals surface area contributed by atoms with Crippen LogP contribution in [0, 0.1) is 10.1 Å². The summed E-state index contributed by atoms with van der Waals surface area (Å²) in [5.74, 6) is 0.566. The minimum absolute atomic E-state index is 0.0361. The fourth-order valence-corrected chi connectivity index (χ4v) is 2.97. The number of esters is 1. The number of nitro benzene ring substituents is 1. The summed E-state index contributed by atoms with van der Waals surface area (Å²) in [5, 5.41) is 11.0. The Morgan fingerprint density at radius 1 is 1.30 bits per heavy atom. The molecule has 0 spiro atoms. The molecular formula is C19H28N2O6. The van der Waals surface area contributed by atoms with E-state index in [0.29, 0.717) is 18.7 Å². The van der Waals surface area contributed by atoms with Gasteiger partial charge in [0, 0.05) is 31.8 Å². The molecule has 0 radical (unpaired) electrons. The highest BCUT2D eigenvalue weighted by Gasteiger charge is 2.23. The topological polar surface area (TPSA) is 91.1 Å². The number of methoxy groups -OCH3 is 1. The van der Waals surface area contributed by atoms with Gasteiger partial charge in [-0.1, -0.05) is 0 Å². The number of benzene rings is 1. The minimum Gasteiger partial charge on any atom is -0.490 e. The average molecular weight is 380 g/mol. The van der Waals surface area contributed by atoms with Crippen molar-refractivity contribution >= 4 is 11.7 Å². The van der Waals surface area contributed by atoms with Crippen LogP contribution in [0.2, 0.25) is 0 Å². The lowest BCUT2D eigenvalue weighted by Gasteiger charge is -2.32. The Kier molecular flexibility index (Phi) is 7.01. The minimum atomic E-state index is -0.480. The first kappa shape index (κ1) is 21.0. The number of hydrogen-bond donors (Lipinski definition) is 0. The molecule has 27 heavy (non-hydrogen) atoms. The second-order valence-electron chi connectivity index (χ2n) is 7.59. The van der Waals surface area contributed by atoms with Gasteiger partial charge in [-0.3, -0.25) is 14.9 Å². The highest BCUT2D eigenvalue weighted by molar-refractivity contribution is 5.70. The molecule has 8 heteroatoms. The molecule has 1 saturated heterocycles. The number of nitro groups is 1. The van der Waals surface area contributed by atoms with Crippen molar-refractivity contribution in [1.29, 1.82) is 0 Å². The smallest absolute Gasteiger partial charge is 0.311 e. The first-order valence-corrected chi connectivity index (χ1v) is 9.11. The van der Waals surface area contributed by atoms with E-state index in [-0.39, 0.29) is 23.5 Å². The Labute approximate surface area is 159 Å². The van der Waals surface area contributed by atoms with E-state index in [4.69, 9.17) is 14.2 Å². The average Bonchev–Trinajstić information content (AvgIpc) is 2.59. The van der Waals surface area contributed by atoms with Crippen molar-refractivity contribution in [2.45, 2.75) is 51.7 Å². The first-order valence-electron chi connectivity index (χ1n) is 9.11. The quantitative estimate of drug-likeness (QED) is 0.407. The maximum absolute atomic E-state index is 11.8. The number of likely N-dealkylation sites (tertiary alicyclic amines) is 1. The number of ether oxygens (including phenoxy) is 3. The molecule has 0 aliphatic carbocycles. The standard InChI is InChI=1S/C19H28N2O6/c1-19(2,3)27-18(22)9-12-20-10-7-14(8-11-20)26-15-5-6-16(21(23)24)17(13-15)25-4/h5-6,13-14H,7-12H2,1-4H3. The SMILES string of the molecule is COc1cc(OC2CCN(CCC(=O)OC(C)(C)C)CC2)ccc1[N+](=O)[O-]. The van der Waals surface area contributed by atoms with Crippen molar-refractivity contribution in [3.05, 3.63) is 28.3 Å². The van der Waals surface area contributed by atoms with E-state index in [2.05, 4.69) is 4.90 Å². The summed E-state index contributed by atoms with van der Waals surface area (Å²) in [7, 11) is 1.40. The lowest BCUT2D eigenvalue weighted by molar-refractivity contribution is -0.385. The zero-order valence-electron chi connectivity index (χ0n) is 16.4. The maximum Gasteiger partial charge on any atom is 0.311 e. The van der Waals surface area contributed by atoms with Gasteiger partial charge in [-0.05, 0) is 39.7 Å². The van der Waals surface area contributed by atoms with Crippen LogP contribution in [0.5, 0.6) is 11.5 Å². The van der Waals surface area contributed by atoms with Gasteiger partial charge in [0.25, 0.3) is 0 Å². The third-order valence-corrected chi connectivity index (χ3v) is 4.24. The van der Waals surface area contributed by atoms with E-state index >= 15 is 0 Å². The predicted molar refractivity (Wildman–Crippen MR) is 100 cm³/mol. The molecule has 0 saturated carbocycles. The summed E-state index contributed by atoms with van der Waals surface area (Å²) in [6.45, 7) is 7.92.